The summed E-state index contributed by atoms with van der Waals surface area (Å²) >= 11 is 0. The van der Waals surface area contributed by atoms with Crippen LogP contribution >= 0.6 is 0 Å². The molecule has 0 N–H and O–H groups in total. The van der Waals surface area contributed by atoms with Gasteiger partial charge in [-0.3, -0.25) is 0 Å². The Kier molecular flexibility index (Phi) is 8.46. The lowest BCUT2D eigenvalue weighted by atomic mass is 9.61. The molecule has 71 heavy (non-hydrogen) atoms. The number of aryl methyl sites for hydroxylation is 4. The maximum absolute atomic E-state index is 2.76. The summed E-state index contributed by atoms with van der Waals surface area (Å²) in [5.41, 5.74) is 30.5. The summed E-state index contributed by atoms with van der Waals surface area (Å²) in [6, 6.07) is 46.0. The first-order valence-electron chi connectivity index (χ1n) is 26.2. The predicted molar refractivity (Wildman–Crippen MR) is 306 cm³/mol. The van der Waals surface area contributed by atoms with E-state index in [1.54, 1.807) is 0 Å². The smallest absolute Gasteiger partial charge is 0.358 e. The highest BCUT2D eigenvalue weighted by Gasteiger charge is 2.55. The standard InChI is InChI=1S/C64H63B2N5/c1-34(2)40-20-24-49-45(30-40)57-58-46-31-41(35(3)4)21-25-50(46)69-54-29-37(6)39(8)56-48-33-43(64(12,13)14)23-27-52(48)71(60(54)56)66(69)62(58)67(44-18-16-15-17-19-44)61(57)65-68(49)53-28-36(5)38(7)55-47-32-42(63(9,10)11)22-26-51(47)70(65)59(53)55/h15-35H,1-14H3. The van der Waals surface area contributed by atoms with Gasteiger partial charge in [-0.25, -0.2) is 0 Å². The Hall–Kier alpha value is -6.85. The molecule has 7 heterocycles. The molecule has 0 radical (unpaired) electrons. The van der Waals surface area contributed by atoms with Gasteiger partial charge in [-0.15, -0.1) is 0 Å². The molecule has 0 spiro atoms. The molecule has 4 aliphatic rings. The Balaban J connectivity index is 1.21. The zero-order valence-corrected chi connectivity index (χ0v) is 44.0. The lowest BCUT2D eigenvalue weighted by molar-refractivity contribution is 0.591. The Bertz CT molecular complexity index is 3790. The number of hydrogen-bond donors (Lipinski definition) is 0. The van der Waals surface area contributed by atoms with Crippen molar-refractivity contribution in [3.05, 3.63) is 160 Å². The van der Waals surface area contributed by atoms with Crippen LogP contribution in [0, 0.1) is 27.7 Å². The van der Waals surface area contributed by atoms with E-state index in [1.807, 2.05) is 0 Å². The summed E-state index contributed by atoms with van der Waals surface area (Å²) in [6.07, 6.45) is 0. The fraction of sp³-hybridized carbons (Fsp3) is 0.281. The third kappa shape index (κ3) is 5.40. The number of benzene rings is 7. The zero-order valence-electron chi connectivity index (χ0n) is 44.0. The molecule has 5 nitrogen and oxygen atoms in total. The fourth-order valence-corrected chi connectivity index (χ4v) is 13.5. The van der Waals surface area contributed by atoms with E-state index < -0.39 is 0 Å². The van der Waals surface area contributed by atoms with Crippen molar-refractivity contribution in [1.29, 1.82) is 0 Å². The minimum Gasteiger partial charge on any atom is -0.358 e. The molecule has 3 aromatic heterocycles. The van der Waals surface area contributed by atoms with Crippen LogP contribution in [0.5, 0.6) is 0 Å². The van der Waals surface area contributed by atoms with Crippen molar-refractivity contribution >= 4 is 91.5 Å². The summed E-state index contributed by atoms with van der Waals surface area (Å²) in [6.45, 7) is 32.5. The van der Waals surface area contributed by atoms with E-state index in [-0.39, 0.29) is 24.8 Å². The molecule has 4 aliphatic heterocycles. The lowest BCUT2D eigenvalue weighted by Gasteiger charge is -2.36. The molecule has 350 valence electrons. The van der Waals surface area contributed by atoms with E-state index >= 15 is 0 Å². The van der Waals surface area contributed by atoms with Crippen LogP contribution in [-0.4, -0.2) is 27.5 Å². The van der Waals surface area contributed by atoms with E-state index in [2.05, 4.69) is 235 Å². The van der Waals surface area contributed by atoms with Gasteiger partial charge >= 0.3 is 14.0 Å². The van der Waals surface area contributed by atoms with E-state index in [0.717, 1.165) is 0 Å². The van der Waals surface area contributed by atoms with Crippen LogP contribution in [-0.2, 0) is 10.8 Å². The summed E-state index contributed by atoms with van der Waals surface area (Å²) < 4.78 is 8.26. The van der Waals surface area contributed by atoms with Crippen LogP contribution in [0.2, 0.25) is 0 Å². The van der Waals surface area contributed by atoms with Gasteiger partial charge in [0.25, 0.3) is 0 Å². The maximum atomic E-state index is 2.76. The van der Waals surface area contributed by atoms with Crippen molar-refractivity contribution in [2.45, 2.75) is 120 Å². The average Bonchev–Trinajstić information content (AvgIpc) is 4.13. The van der Waals surface area contributed by atoms with E-state index in [4.69, 9.17) is 0 Å². The molecule has 10 aromatic rings. The largest absolute Gasteiger partial charge is 0.439 e. The Morgan fingerprint density at radius 3 is 1.27 bits per heavy atom. The monoisotopic (exact) mass is 924 g/mol. The molecule has 7 aromatic carbocycles. The lowest BCUT2D eigenvalue weighted by Crippen LogP contribution is -2.58. The molecule has 0 fully saturated rings. The Labute approximate surface area is 420 Å². The van der Waals surface area contributed by atoms with Gasteiger partial charge in [-0.2, -0.15) is 0 Å². The zero-order chi connectivity index (χ0) is 49.2. The summed E-state index contributed by atoms with van der Waals surface area (Å²) in [7, 11) is 0. The third-order valence-corrected chi connectivity index (χ3v) is 17.5. The number of rotatable bonds is 3. The van der Waals surface area contributed by atoms with Gasteiger partial charge in [0.15, 0.2) is 0 Å². The van der Waals surface area contributed by atoms with Crippen molar-refractivity contribution < 1.29 is 0 Å². The van der Waals surface area contributed by atoms with Gasteiger partial charge < -0.3 is 23.1 Å². The summed E-state index contributed by atoms with van der Waals surface area (Å²) in [5, 5.41) is 5.47. The van der Waals surface area contributed by atoms with Gasteiger partial charge in [0.2, 0.25) is 0 Å². The van der Waals surface area contributed by atoms with Crippen molar-refractivity contribution in [1.82, 2.24) is 13.5 Å². The van der Waals surface area contributed by atoms with Gasteiger partial charge in [0.1, 0.15) is 0 Å². The molecule has 14 rings (SSSR count). The van der Waals surface area contributed by atoms with Gasteiger partial charge in [0, 0.05) is 83.1 Å². The molecule has 7 heteroatoms. The SMILES string of the molecule is Cc1cc2c3c(c1C)c1cc(C(C)(C)C)ccc1n3B1c3c(c4c(n3-c3ccccc3)B3N(c5ccc(C(C)C)cc5-4)c4cc(C)c(C)c5c6cc(C(C)(C)C)ccc6n3c45)-c3cc(C(C)C)ccc3N12. The van der Waals surface area contributed by atoms with Crippen LogP contribution in [0.15, 0.2) is 115 Å². The number of nitrogens with zero attached hydrogens (tertiary/aromatic N) is 5. The second kappa shape index (κ2) is 14.0. The third-order valence-electron chi connectivity index (χ3n) is 17.5. The van der Waals surface area contributed by atoms with Crippen LogP contribution in [0.4, 0.5) is 22.7 Å². The molecule has 0 bridgehead atoms. The summed E-state index contributed by atoms with van der Waals surface area (Å²) in [4.78, 5) is 5.46. The van der Waals surface area contributed by atoms with Gasteiger partial charge in [0.05, 0.1) is 22.4 Å². The first-order chi connectivity index (χ1) is 33.8. The summed E-state index contributed by atoms with van der Waals surface area (Å²) in [5.74, 6) is 0.720. The van der Waals surface area contributed by atoms with Crippen molar-refractivity contribution in [3.63, 3.8) is 0 Å². The highest BCUT2D eigenvalue weighted by Crippen LogP contribution is 2.57. The Morgan fingerprint density at radius 2 is 0.873 bits per heavy atom. The maximum Gasteiger partial charge on any atom is 0.439 e. The Morgan fingerprint density at radius 1 is 0.451 bits per heavy atom. The first kappa shape index (κ1) is 43.0. The molecule has 0 unspecified atom stereocenters. The topological polar surface area (TPSA) is 21.3 Å². The molecular weight excluding hydrogens is 860 g/mol. The van der Waals surface area contributed by atoms with Crippen LogP contribution in [0.25, 0.3) is 71.6 Å². The van der Waals surface area contributed by atoms with Crippen molar-refractivity contribution in [3.8, 4) is 27.9 Å². The molecule has 0 aliphatic carbocycles. The number of aromatic nitrogens is 3. The highest BCUT2D eigenvalue weighted by atomic mass is 15.3. The second-order valence-electron chi connectivity index (χ2n) is 24.4. The molecular formula is C64H63B2N5. The highest BCUT2D eigenvalue weighted by molar-refractivity contribution is 6.86. The predicted octanol–water partition coefficient (Wildman–Crippen LogP) is 15.5. The van der Waals surface area contributed by atoms with Crippen LogP contribution in [0.3, 0.4) is 0 Å². The van der Waals surface area contributed by atoms with Crippen molar-refractivity contribution in [2.75, 3.05) is 9.62 Å². The number of fused-ring (bicyclic) bond motifs is 23. The minimum absolute atomic E-state index is 0.0118. The van der Waals surface area contributed by atoms with Gasteiger partial charge in [-0.05, 0) is 168 Å². The van der Waals surface area contributed by atoms with Gasteiger partial charge in [-0.1, -0.05) is 112 Å². The molecule has 0 amide bonds. The fourth-order valence-electron chi connectivity index (χ4n) is 13.5. The van der Waals surface area contributed by atoms with Crippen LogP contribution < -0.4 is 20.8 Å². The van der Waals surface area contributed by atoms with E-state index in [9.17, 15) is 0 Å². The number of anilines is 4. The first-order valence-corrected chi connectivity index (χ1v) is 26.2. The molecule has 0 saturated carbocycles. The van der Waals surface area contributed by atoms with Crippen LogP contribution in [0.1, 0.15) is 126 Å². The average molecular weight is 924 g/mol. The molecule has 0 saturated heterocycles. The quantitative estimate of drug-likeness (QED) is 0.165. The van der Waals surface area contributed by atoms with Crippen molar-refractivity contribution in [2.24, 2.45) is 0 Å². The second-order valence-corrected chi connectivity index (χ2v) is 24.4. The minimum atomic E-state index is -0.167. The van der Waals surface area contributed by atoms with E-state index in [1.165, 1.54) is 150 Å². The number of hydrogen-bond acceptors (Lipinski definition) is 2. The van der Waals surface area contributed by atoms with E-state index in [0.29, 0.717) is 11.8 Å². The molecule has 0 atom stereocenters. The normalized spacial score (nSPS) is 14.5. The number of para-hydroxylation sites is 1.